The van der Waals surface area contributed by atoms with Crippen LogP contribution in [0.2, 0.25) is 0 Å². The number of amides is 2. The highest BCUT2D eigenvalue weighted by Crippen LogP contribution is 2.61. The van der Waals surface area contributed by atoms with Crippen LogP contribution in [0.15, 0.2) is 78.9 Å². The second-order valence-corrected chi connectivity index (χ2v) is 9.80. The normalized spacial score (nSPS) is 25.0. The Morgan fingerprint density at radius 1 is 0.694 bits per heavy atom. The second-order valence-electron chi connectivity index (χ2n) is 9.80. The summed E-state index contributed by atoms with van der Waals surface area (Å²) in [5.41, 5.74) is 4.72. The van der Waals surface area contributed by atoms with Crippen LogP contribution >= 0.6 is 0 Å². The number of carbonyl (C=O) groups is 4. The largest absolute Gasteiger partial charge is 0.453 e. The summed E-state index contributed by atoms with van der Waals surface area (Å²) in [4.78, 5) is 54.4. The van der Waals surface area contributed by atoms with E-state index in [9.17, 15) is 19.2 Å². The smallest absolute Gasteiger partial charge is 0.329 e. The SMILES string of the molecule is C[C@H](OC(=O)[C@H](C)N1C(=O)[C@@H]2C3c4ccccc4C(c4ccccc43)[C@H]2C1=O)C(=O)c1ccccc1. The lowest BCUT2D eigenvalue weighted by molar-refractivity contribution is -0.159. The molecule has 2 amide bonds. The highest BCUT2D eigenvalue weighted by Gasteiger charge is 2.62. The minimum absolute atomic E-state index is 0.240. The highest BCUT2D eigenvalue weighted by molar-refractivity contribution is 6.10. The number of nitrogens with zero attached hydrogens (tertiary/aromatic N) is 1. The fourth-order valence-electron chi connectivity index (χ4n) is 6.35. The summed E-state index contributed by atoms with van der Waals surface area (Å²) in [5, 5.41) is 0. The van der Waals surface area contributed by atoms with Crippen LogP contribution in [0, 0.1) is 11.8 Å². The molecule has 6 nitrogen and oxygen atoms in total. The summed E-state index contributed by atoms with van der Waals surface area (Å²) in [5.74, 6) is -3.42. The van der Waals surface area contributed by atoms with E-state index in [0.717, 1.165) is 27.2 Å². The van der Waals surface area contributed by atoms with E-state index in [1.54, 1.807) is 30.3 Å². The van der Waals surface area contributed by atoms with Gasteiger partial charge in [0.15, 0.2) is 6.10 Å². The number of hydrogen-bond acceptors (Lipinski definition) is 5. The predicted octanol–water partition coefficient (Wildman–Crippen LogP) is 4.08. The standard InChI is InChI=1S/C30H25NO5/c1-16(30(35)36-17(2)27(32)18-10-4-3-5-11-18)31-28(33)25-23-19-12-6-7-13-20(19)24(26(25)29(31)34)22-15-9-8-14-21(22)23/h3-17,23-26H,1-2H3/t16-,17-,23?,24?,25+,26+/m0/s1. The van der Waals surface area contributed by atoms with Crippen molar-refractivity contribution >= 4 is 23.6 Å². The first kappa shape index (κ1) is 22.4. The maximum atomic E-state index is 13.8. The number of imide groups is 1. The van der Waals surface area contributed by atoms with Gasteiger partial charge in [0.1, 0.15) is 6.04 Å². The number of ether oxygens (including phenoxy) is 1. The molecule has 3 aromatic rings. The van der Waals surface area contributed by atoms with Crippen molar-refractivity contribution in [2.24, 2.45) is 11.8 Å². The number of benzene rings is 3. The number of hydrogen-bond donors (Lipinski definition) is 0. The summed E-state index contributed by atoms with van der Waals surface area (Å²) in [6, 6.07) is 23.4. The molecule has 0 N–H and O–H groups in total. The van der Waals surface area contributed by atoms with Crippen molar-refractivity contribution in [2.75, 3.05) is 0 Å². The van der Waals surface area contributed by atoms with Gasteiger partial charge >= 0.3 is 5.97 Å². The Balaban J connectivity index is 1.30. The Morgan fingerprint density at radius 3 is 1.56 bits per heavy atom. The first-order valence-electron chi connectivity index (χ1n) is 12.2. The van der Waals surface area contributed by atoms with Gasteiger partial charge in [0.2, 0.25) is 17.6 Å². The van der Waals surface area contributed by atoms with Gasteiger partial charge in [0, 0.05) is 17.4 Å². The summed E-state index contributed by atoms with van der Waals surface area (Å²) in [6.07, 6.45) is -1.04. The van der Waals surface area contributed by atoms with E-state index >= 15 is 0 Å². The van der Waals surface area contributed by atoms with Gasteiger partial charge in [0.05, 0.1) is 11.8 Å². The number of ketones is 1. The topological polar surface area (TPSA) is 80.8 Å². The first-order chi connectivity index (χ1) is 17.4. The van der Waals surface area contributed by atoms with Crippen molar-refractivity contribution in [3.8, 4) is 0 Å². The summed E-state index contributed by atoms with van der Waals surface area (Å²) < 4.78 is 5.45. The zero-order valence-electron chi connectivity index (χ0n) is 20.0. The van der Waals surface area contributed by atoms with Gasteiger partial charge in [-0.05, 0) is 36.1 Å². The Hall–Kier alpha value is -4.06. The lowest BCUT2D eigenvalue weighted by Crippen LogP contribution is -2.45. The molecule has 4 aliphatic rings. The minimum atomic E-state index is -1.13. The molecule has 1 fully saturated rings. The van der Waals surface area contributed by atoms with Crippen molar-refractivity contribution in [3.63, 3.8) is 0 Å². The lowest BCUT2D eigenvalue weighted by Gasteiger charge is -2.45. The summed E-state index contributed by atoms with van der Waals surface area (Å²) in [7, 11) is 0. The van der Waals surface area contributed by atoms with Crippen LogP contribution in [0.3, 0.4) is 0 Å². The van der Waals surface area contributed by atoms with Crippen LogP contribution in [0.1, 0.15) is 58.3 Å². The third-order valence-electron chi connectivity index (χ3n) is 7.93. The van der Waals surface area contributed by atoms with E-state index in [4.69, 9.17) is 4.74 Å². The molecule has 6 heteroatoms. The van der Waals surface area contributed by atoms with E-state index in [2.05, 4.69) is 0 Å². The number of likely N-dealkylation sites (tertiary alicyclic amines) is 1. The molecule has 1 aliphatic heterocycles. The highest BCUT2D eigenvalue weighted by atomic mass is 16.5. The maximum Gasteiger partial charge on any atom is 0.329 e. The Morgan fingerprint density at radius 2 is 1.11 bits per heavy atom. The van der Waals surface area contributed by atoms with E-state index in [-0.39, 0.29) is 29.4 Å². The van der Waals surface area contributed by atoms with E-state index in [1.165, 1.54) is 13.8 Å². The average Bonchev–Trinajstić information content (AvgIpc) is 3.18. The Kier molecular flexibility index (Phi) is 5.14. The van der Waals surface area contributed by atoms with E-state index < -0.39 is 30.0 Å². The van der Waals surface area contributed by atoms with Gasteiger partial charge in [-0.15, -0.1) is 0 Å². The molecule has 3 aliphatic carbocycles. The van der Waals surface area contributed by atoms with E-state index in [0.29, 0.717) is 5.56 Å². The number of rotatable bonds is 5. The third-order valence-corrected chi connectivity index (χ3v) is 7.93. The molecule has 36 heavy (non-hydrogen) atoms. The molecule has 0 aromatic heterocycles. The van der Waals surface area contributed by atoms with Crippen LogP contribution in [0.25, 0.3) is 0 Å². The molecule has 1 saturated heterocycles. The van der Waals surface area contributed by atoms with Crippen LogP contribution < -0.4 is 0 Å². The molecule has 3 aromatic carbocycles. The molecule has 0 unspecified atom stereocenters. The lowest BCUT2D eigenvalue weighted by atomic mass is 9.55. The van der Waals surface area contributed by atoms with Gasteiger partial charge in [0.25, 0.3) is 0 Å². The molecule has 0 saturated carbocycles. The van der Waals surface area contributed by atoms with Crippen LogP contribution in [0.4, 0.5) is 0 Å². The fraction of sp³-hybridized carbons (Fsp3) is 0.267. The Bertz CT molecular complexity index is 1300. The zero-order chi connectivity index (χ0) is 25.1. The second kappa shape index (κ2) is 8.26. The zero-order valence-corrected chi connectivity index (χ0v) is 20.0. The number of esters is 1. The average molecular weight is 480 g/mol. The van der Waals surface area contributed by atoms with Gasteiger partial charge in [-0.3, -0.25) is 19.3 Å². The molecular formula is C30H25NO5. The van der Waals surface area contributed by atoms with Crippen LogP contribution in [-0.2, 0) is 19.1 Å². The Labute approximate surface area is 208 Å². The fourth-order valence-corrected chi connectivity index (χ4v) is 6.35. The molecule has 2 bridgehead atoms. The molecule has 7 rings (SSSR count). The van der Waals surface area contributed by atoms with Crippen molar-refractivity contribution in [2.45, 2.75) is 37.8 Å². The molecule has 4 atom stereocenters. The number of carbonyl (C=O) groups excluding carboxylic acids is 4. The molecular weight excluding hydrogens is 454 g/mol. The van der Waals surface area contributed by atoms with Gasteiger partial charge in [-0.1, -0.05) is 78.9 Å². The third kappa shape index (κ3) is 3.10. The summed E-state index contributed by atoms with van der Waals surface area (Å²) in [6.45, 7) is 3.00. The quantitative estimate of drug-likeness (QED) is 0.313. The van der Waals surface area contributed by atoms with Crippen molar-refractivity contribution in [1.29, 1.82) is 0 Å². The van der Waals surface area contributed by atoms with Crippen molar-refractivity contribution < 1.29 is 23.9 Å². The molecule has 180 valence electrons. The van der Waals surface area contributed by atoms with Crippen LogP contribution in [-0.4, -0.2) is 40.6 Å². The van der Waals surface area contributed by atoms with Crippen LogP contribution in [0.5, 0.6) is 0 Å². The number of Topliss-reactive ketones (excluding diaryl/α,β-unsaturated/α-hetero) is 1. The minimum Gasteiger partial charge on any atom is -0.453 e. The van der Waals surface area contributed by atoms with Crippen molar-refractivity contribution in [3.05, 3.63) is 107 Å². The summed E-state index contributed by atoms with van der Waals surface area (Å²) >= 11 is 0. The maximum absolute atomic E-state index is 13.8. The molecule has 1 heterocycles. The van der Waals surface area contributed by atoms with E-state index in [1.807, 2.05) is 48.5 Å². The monoisotopic (exact) mass is 479 g/mol. The molecule has 0 spiro atoms. The van der Waals surface area contributed by atoms with Crippen molar-refractivity contribution in [1.82, 2.24) is 4.90 Å². The van der Waals surface area contributed by atoms with Gasteiger partial charge < -0.3 is 4.74 Å². The van der Waals surface area contributed by atoms with Gasteiger partial charge in [-0.25, -0.2) is 4.79 Å². The van der Waals surface area contributed by atoms with Gasteiger partial charge in [-0.2, -0.15) is 0 Å². The predicted molar refractivity (Wildman–Crippen MR) is 131 cm³/mol. The first-order valence-corrected chi connectivity index (χ1v) is 12.2. The molecule has 0 radical (unpaired) electrons.